The fraction of sp³-hybridized carbons (Fsp3) is 0.222. The van der Waals surface area contributed by atoms with E-state index in [-0.39, 0.29) is 11.8 Å². The molecule has 5 heteroatoms. The van der Waals surface area contributed by atoms with E-state index in [4.69, 9.17) is 16.3 Å². The third-order valence-electron chi connectivity index (χ3n) is 5.69. The van der Waals surface area contributed by atoms with E-state index in [0.29, 0.717) is 24.6 Å². The lowest BCUT2D eigenvalue weighted by Gasteiger charge is -2.18. The van der Waals surface area contributed by atoms with Crippen LogP contribution in [0.4, 0.5) is 0 Å². The highest BCUT2D eigenvalue weighted by Gasteiger charge is 2.24. The Morgan fingerprint density at radius 3 is 2.47 bits per heavy atom. The van der Waals surface area contributed by atoms with Crippen molar-refractivity contribution in [2.75, 3.05) is 20.3 Å². The molecule has 0 radical (unpaired) electrons. The average Bonchev–Trinajstić information content (AvgIpc) is 3.17. The first-order valence-electron chi connectivity index (χ1n) is 10.8. The van der Waals surface area contributed by atoms with Crippen molar-refractivity contribution in [2.24, 2.45) is 0 Å². The Morgan fingerprint density at radius 1 is 0.969 bits per heavy atom. The van der Waals surface area contributed by atoms with Gasteiger partial charge < -0.3 is 14.6 Å². The van der Waals surface area contributed by atoms with Gasteiger partial charge in [-0.2, -0.15) is 0 Å². The van der Waals surface area contributed by atoms with Gasteiger partial charge in [-0.05, 0) is 28.8 Å². The van der Waals surface area contributed by atoms with Gasteiger partial charge in [0.1, 0.15) is 0 Å². The standard InChI is InChI=1S/C27H27ClN2O2/c1-32-16-15-29-27(31)17-23(21-11-5-7-13-25(21)28)24-19-30(18-20-9-3-2-4-10-20)26-14-8-6-12-22(24)26/h2-14,19,23H,15-18H2,1H3,(H,29,31)/t23-/m0/s1. The molecule has 4 rings (SSSR count). The molecule has 0 saturated carbocycles. The quantitative estimate of drug-likeness (QED) is 0.339. The van der Waals surface area contributed by atoms with Crippen molar-refractivity contribution in [3.05, 3.63) is 107 Å². The SMILES string of the molecule is COCCNC(=O)C[C@@H](c1ccccc1Cl)c1cn(Cc2ccccc2)c2ccccc12. The molecular weight excluding hydrogens is 420 g/mol. The molecule has 0 spiro atoms. The molecule has 1 amide bonds. The fourth-order valence-corrected chi connectivity index (χ4v) is 4.43. The van der Waals surface area contributed by atoms with Gasteiger partial charge in [-0.1, -0.05) is 78.3 Å². The molecule has 1 atom stereocenters. The molecule has 0 aliphatic rings. The summed E-state index contributed by atoms with van der Waals surface area (Å²) in [6, 6.07) is 26.5. The van der Waals surface area contributed by atoms with Gasteiger partial charge in [-0.15, -0.1) is 0 Å². The smallest absolute Gasteiger partial charge is 0.221 e. The second-order valence-corrected chi connectivity index (χ2v) is 8.24. The van der Waals surface area contributed by atoms with E-state index in [2.05, 4.69) is 58.5 Å². The van der Waals surface area contributed by atoms with Crippen LogP contribution in [0.15, 0.2) is 85.1 Å². The molecule has 0 fully saturated rings. The number of para-hydroxylation sites is 1. The Morgan fingerprint density at radius 2 is 1.69 bits per heavy atom. The summed E-state index contributed by atoms with van der Waals surface area (Å²) in [5.74, 6) is -0.181. The molecule has 1 heterocycles. The van der Waals surface area contributed by atoms with Gasteiger partial charge in [0.25, 0.3) is 0 Å². The van der Waals surface area contributed by atoms with E-state index in [1.807, 2.05) is 36.4 Å². The number of benzene rings is 3. The molecule has 1 aromatic heterocycles. The van der Waals surface area contributed by atoms with Crippen molar-refractivity contribution >= 4 is 28.4 Å². The van der Waals surface area contributed by atoms with Gasteiger partial charge in [0.05, 0.1) is 6.61 Å². The number of methoxy groups -OCH3 is 1. The summed E-state index contributed by atoms with van der Waals surface area (Å²) in [4.78, 5) is 12.8. The van der Waals surface area contributed by atoms with E-state index in [9.17, 15) is 4.79 Å². The summed E-state index contributed by atoms with van der Waals surface area (Å²) < 4.78 is 7.32. The zero-order valence-corrected chi connectivity index (χ0v) is 18.9. The number of carbonyl (C=O) groups excluding carboxylic acids is 1. The van der Waals surface area contributed by atoms with E-state index in [0.717, 1.165) is 28.6 Å². The predicted molar refractivity (Wildman–Crippen MR) is 130 cm³/mol. The van der Waals surface area contributed by atoms with Crippen LogP contribution in [0, 0.1) is 0 Å². The van der Waals surface area contributed by atoms with Crippen molar-refractivity contribution in [3.63, 3.8) is 0 Å². The number of carbonyl (C=O) groups is 1. The number of ether oxygens (including phenoxy) is 1. The number of nitrogens with zero attached hydrogens (tertiary/aromatic N) is 1. The average molecular weight is 447 g/mol. The third kappa shape index (κ3) is 5.04. The largest absolute Gasteiger partial charge is 0.383 e. The number of aromatic nitrogens is 1. The summed E-state index contributed by atoms with van der Waals surface area (Å²) in [6.07, 6.45) is 2.49. The number of halogens is 1. The van der Waals surface area contributed by atoms with Crippen molar-refractivity contribution in [1.29, 1.82) is 0 Å². The van der Waals surface area contributed by atoms with Crippen LogP contribution >= 0.6 is 11.6 Å². The molecule has 32 heavy (non-hydrogen) atoms. The fourth-order valence-electron chi connectivity index (χ4n) is 4.16. The molecule has 0 unspecified atom stereocenters. The first kappa shape index (κ1) is 22.1. The number of nitrogens with one attached hydrogen (secondary N) is 1. The Kier molecular flexibility index (Phi) is 7.25. The third-order valence-corrected chi connectivity index (χ3v) is 6.03. The van der Waals surface area contributed by atoms with Crippen LogP contribution in [0.5, 0.6) is 0 Å². The van der Waals surface area contributed by atoms with Gasteiger partial charge in [0.15, 0.2) is 0 Å². The van der Waals surface area contributed by atoms with Gasteiger partial charge >= 0.3 is 0 Å². The summed E-state index contributed by atoms with van der Waals surface area (Å²) in [5, 5.41) is 4.76. The topological polar surface area (TPSA) is 43.3 Å². The van der Waals surface area contributed by atoms with Crippen molar-refractivity contribution < 1.29 is 9.53 Å². The molecule has 4 nitrogen and oxygen atoms in total. The minimum atomic E-state index is -0.159. The normalized spacial score (nSPS) is 12.1. The molecule has 0 aliphatic heterocycles. The van der Waals surface area contributed by atoms with Crippen LogP contribution in [0.2, 0.25) is 5.02 Å². The lowest BCUT2D eigenvalue weighted by molar-refractivity contribution is -0.121. The maximum atomic E-state index is 12.8. The van der Waals surface area contributed by atoms with Crippen LogP contribution in [0.3, 0.4) is 0 Å². The van der Waals surface area contributed by atoms with Crippen molar-refractivity contribution in [3.8, 4) is 0 Å². The number of rotatable bonds is 9. The van der Waals surface area contributed by atoms with Crippen molar-refractivity contribution in [2.45, 2.75) is 18.9 Å². The number of hydrogen-bond donors (Lipinski definition) is 1. The maximum Gasteiger partial charge on any atom is 0.221 e. The minimum Gasteiger partial charge on any atom is -0.383 e. The van der Waals surface area contributed by atoms with Crippen molar-refractivity contribution in [1.82, 2.24) is 9.88 Å². The highest BCUT2D eigenvalue weighted by atomic mass is 35.5. The van der Waals surface area contributed by atoms with Crippen LogP contribution in [-0.2, 0) is 16.1 Å². The molecule has 0 bridgehead atoms. The Bertz CT molecular complexity index is 1190. The maximum absolute atomic E-state index is 12.8. The molecule has 3 aromatic carbocycles. The van der Waals surface area contributed by atoms with Crippen LogP contribution in [0.25, 0.3) is 10.9 Å². The number of hydrogen-bond acceptors (Lipinski definition) is 2. The predicted octanol–water partition coefficient (Wildman–Crippen LogP) is 5.63. The summed E-state index contributed by atoms with van der Waals surface area (Å²) in [7, 11) is 1.63. The molecular formula is C27H27ClN2O2. The number of amides is 1. The van der Waals surface area contributed by atoms with Gasteiger partial charge in [-0.3, -0.25) is 4.79 Å². The molecule has 164 valence electrons. The van der Waals surface area contributed by atoms with Gasteiger partial charge in [-0.25, -0.2) is 0 Å². The lowest BCUT2D eigenvalue weighted by atomic mass is 9.88. The monoisotopic (exact) mass is 446 g/mol. The minimum absolute atomic E-state index is 0.0214. The van der Waals surface area contributed by atoms with Gasteiger partial charge in [0.2, 0.25) is 5.91 Å². The second kappa shape index (κ2) is 10.5. The van der Waals surface area contributed by atoms with Crippen LogP contribution < -0.4 is 5.32 Å². The zero-order chi connectivity index (χ0) is 22.3. The number of fused-ring (bicyclic) bond motifs is 1. The molecule has 0 aliphatic carbocycles. The van der Waals surface area contributed by atoms with E-state index >= 15 is 0 Å². The Labute approximate surface area is 193 Å². The summed E-state index contributed by atoms with van der Waals surface area (Å²) in [6.45, 7) is 1.73. The Balaban J connectivity index is 1.76. The van der Waals surface area contributed by atoms with Gasteiger partial charge in [0, 0.05) is 54.7 Å². The first-order chi connectivity index (χ1) is 15.7. The van der Waals surface area contributed by atoms with E-state index in [1.165, 1.54) is 5.56 Å². The van der Waals surface area contributed by atoms with E-state index < -0.39 is 0 Å². The Hall–Kier alpha value is -3.08. The molecule has 4 aromatic rings. The van der Waals surface area contributed by atoms with E-state index in [1.54, 1.807) is 7.11 Å². The first-order valence-corrected chi connectivity index (χ1v) is 11.2. The van der Waals surface area contributed by atoms with Crippen LogP contribution in [0.1, 0.15) is 29.0 Å². The zero-order valence-electron chi connectivity index (χ0n) is 18.1. The molecule has 0 saturated heterocycles. The van der Waals surface area contributed by atoms with Crippen LogP contribution in [-0.4, -0.2) is 30.7 Å². The lowest BCUT2D eigenvalue weighted by Crippen LogP contribution is -2.28. The highest BCUT2D eigenvalue weighted by Crippen LogP contribution is 2.37. The molecule has 1 N–H and O–H groups in total. The second-order valence-electron chi connectivity index (χ2n) is 7.84. The summed E-state index contributed by atoms with van der Waals surface area (Å²) in [5.41, 5.74) is 4.43. The highest BCUT2D eigenvalue weighted by molar-refractivity contribution is 6.31. The summed E-state index contributed by atoms with van der Waals surface area (Å²) >= 11 is 6.61.